The van der Waals surface area contributed by atoms with E-state index in [9.17, 15) is 0 Å². The van der Waals surface area contributed by atoms with Gasteiger partial charge >= 0.3 is 0 Å². The predicted molar refractivity (Wildman–Crippen MR) is 45.5 cm³/mol. The van der Waals surface area contributed by atoms with E-state index in [2.05, 4.69) is 0 Å². The molecular weight excluding hydrogens is 185 g/mol. The van der Waals surface area contributed by atoms with E-state index in [1.165, 1.54) is 0 Å². The summed E-state index contributed by atoms with van der Waals surface area (Å²) in [7, 11) is 0. The quantitative estimate of drug-likeness (QED) is 0.658. The van der Waals surface area contributed by atoms with Gasteiger partial charge in [0.05, 0.1) is 23.2 Å². The van der Waals surface area contributed by atoms with E-state index in [-0.39, 0.29) is 22.3 Å². The number of nitriles is 1. The second-order valence-corrected chi connectivity index (χ2v) is 2.47. The van der Waals surface area contributed by atoms with Crippen LogP contribution in [-0.4, -0.2) is 10.9 Å². The van der Waals surface area contributed by atoms with E-state index in [4.69, 9.17) is 39.3 Å². The van der Waals surface area contributed by atoms with Crippen molar-refractivity contribution >= 4 is 34.1 Å². The highest BCUT2D eigenvalue weighted by atomic mass is 35.5. The molecular formula is C6H5Cl2N3. The Labute approximate surface area is 74.2 Å². The summed E-state index contributed by atoms with van der Waals surface area (Å²) >= 11 is 10.6. The zero-order chi connectivity index (χ0) is 8.85. The SMILES string of the molecule is N#CCC(=N)/C(Cl)=C\C(=N)Cl. The minimum Gasteiger partial charge on any atom is -0.303 e. The fourth-order valence-electron chi connectivity index (χ4n) is 0.362. The van der Waals surface area contributed by atoms with E-state index in [1.807, 2.05) is 0 Å². The molecule has 58 valence electrons. The van der Waals surface area contributed by atoms with Crippen LogP contribution in [0.3, 0.4) is 0 Å². The summed E-state index contributed by atoms with van der Waals surface area (Å²) < 4.78 is 0. The molecule has 0 radical (unpaired) electrons. The lowest BCUT2D eigenvalue weighted by Crippen LogP contribution is -1.95. The molecule has 0 aromatic carbocycles. The molecule has 0 fully saturated rings. The van der Waals surface area contributed by atoms with Crippen molar-refractivity contribution in [2.45, 2.75) is 6.42 Å². The van der Waals surface area contributed by atoms with Gasteiger partial charge in [0.2, 0.25) is 0 Å². The zero-order valence-corrected chi connectivity index (χ0v) is 7.00. The molecule has 0 spiro atoms. The van der Waals surface area contributed by atoms with Gasteiger partial charge in [-0.2, -0.15) is 5.26 Å². The maximum atomic E-state index is 8.16. The van der Waals surface area contributed by atoms with Crippen LogP contribution in [0.25, 0.3) is 0 Å². The molecule has 0 atom stereocenters. The van der Waals surface area contributed by atoms with E-state index in [1.54, 1.807) is 6.07 Å². The summed E-state index contributed by atoms with van der Waals surface area (Å²) in [5.74, 6) is 0. The fraction of sp³-hybridized carbons (Fsp3) is 0.167. The first-order valence-corrected chi connectivity index (χ1v) is 3.39. The van der Waals surface area contributed by atoms with Gasteiger partial charge in [-0.15, -0.1) is 0 Å². The Morgan fingerprint density at radius 2 is 2.00 bits per heavy atom. The zero-order valence-electron chi connectivity index (χ0n) is 5.49. The van der Waals surface area contributed by atoms with Gasteiger partial charge in [-0.25, -0.2) is 0 Å². The van der Waals surface area contributed by atoms with Crippen LogP contribution in [-0.2, 0) is 0 Å². The first-order chi connectivity index (χ1) is 5.07. The third-order valence-corrected chi connectivity index (χ3v) is 1.24. The first-order valence-electron chi connectivity index (χ1n) is 2.64. The molecule has 3 nitrogen and oxygen atoms in total. The molecule has 0 aromatic heterocycles. The van der Waals surface area contributed by atoms with E-state index < -0.39 is 0 Å². The van der Waals surface area contributed by atoms with E-state index >= 15 is 0 Å². The molecule has 5 heteroatoms. The Kier molecular flexibility index (Phi) is 4.51. The monoisotopic (exact) mass is 189 g/mol. The van der Waals surface area contributed by atoms with Gasteiger partial charge in [0.15, 0.2) is 0 Å². The summed E-state index contributed by atoms with van der Waals surface area (Å²) in [6, 6.07) is 1.76. The van der Waals surface area contributed by atoms with Crippen molar-refractivity contribution in [1.82, 2.24) is 0 Å². The van der Waals surface area contributed by atoms with Crippen molar-refractivity contribution in [3.05, 3.63) is 11.1 Å². The van der Waals surface area contributed by atoms with Crippen LogP contribution in [0.5, 0.6) is 0 Å². The van der Waals surface area contributed by atoms with Gasteiger partial charge in [-0.1, -0.05) is 23.2 Å². The van der Waals surface area contributed by atoms with E-state index in [0.29, 0.717) is 0 Å². The minimum atomic E-state index is -0.252. The standard InChI is InChI=1S/C6H5Cl2N3/c7-4(3-6(8)11)5(10)1-2-9/h3,10-11H,1H2/b4-3+,10-5?,11-6?. The van der Waals surface area contributed by atoms with Crippen molar-refractivity contribution in [2.24, 2.45) is 0 Å². The lowest BCUT2D eigenvalue weighted by Gasteiger charge is -1.93. The van der Waals surface area contributed by atoms with Crippen LogP contribution in [0, 0.1) is 22.1 Å². The number of nitrogens with one attached hydrogen (secondary N) is 2. The Balaban J connectivity index is 4.26. The van der Waals surface area contributed by atoms with Crippen LogP contribution < -0.4 is 0 Å². The lowest BCUT2D eigenvalue weighted by molar-refractivity contribution is 1.35. The average molecular weight is 190 g/mol. The summed E-state index contributed by atoms with van der Waals surface area (Å²) in [5.41, 5.74) is -0.0282. The van der Waals surface area contributed by atoms with Gasteiger partial charge in [0.25, 0.3) is 0 Å². The lowest BCUT2D eigenvalue weighted by atomic mass is 10.2. The first kappa shape index (κ1) is 10.2. The van der Waals surface area contributed by atoms with Crippen molar-refractivity contribution in [2.75, 3.05) is 0 Å². The van der Waals surface area contributed by atoms with Crippen molar-refractivity contribution < 1.29 is 0 Å². The number of allylic oxidation sites excluding steroid dienone is 2. The Bertz CT molecular complexity index is 249. The molecule has 0 aromatic rings. The Morgan fingerprint density at radius 3 is 2.36 bits per heavy atom. The minimum absolute atomic E-state index is 0.0282. The largest absolute Gasteiger partial charge is 0.303 e. The van der Waals surface area contributed by atoms with Gasteiger partial charge in [0.1, 0.15) is 5.17 Å². The second kappa shape index (κ2) is 4.89. The number of hydrogen-bond acceptors (Lipinski definition) is 3. The molecule has 2 N–H and O–H groups in total. The topological polar surface area (TPSA) is 71.5 Å². The molecule has 0 unspecified atom stereocenters. The highest BCUT2D eigenvalue weighted by Gasteiger charge is 2.00. The van der Waals surface area contributed by atoms with Crippen LogP contribution >= 0.6 is 23.2 Å². The molecule has 0 aliphatic rings. The van der Waals surface area contributed by atoms with Crippen molar-refractivity contribution in [1.29, 1.82) is 16.1 Å². The average Bonchev–Trinajstić information content (AvgIpc) is 1.86. The number of nitrogens with zero attached hydrogens (tertiary/aromatic N) is 1. The summed E-state index contributed by atoms with van der Waals surface area (Å²) in [5, 5.41) is 21.8. The van der Waals surface area contributed by atoms with Crippen LogP contribution in [0.15, 0.2) is 11.1 Å². The second-order valence-electron chi connectivity index (χ2n) is 1.65. The summed E-state index contributed by atoms with van der Waals surface area (Å²) in [6.07, 6.45) is 1.04. The molecule has 0 rings (SSSR count). The highest BCUT2D eigenvalue weighted by Crippen LogP contribution is 2.06. The van der Waals surface area contributed by atoms with Crippen LogP contribution in [0.2, 0.25) is 0 Å². The molecule has 0 heterocycles. The normalized spacial score (nSPS) is 10.5. The van der Waals surface area contributed by atoms with Gasteiger partial charge in [-0.05, 0) is 6.08 Å². The maximum Gasteiger partial charge on any atom is 0.122 e. The van der Waals surface area contributed by atoms with Gasteiger partial charge in [-0.3, -0.25) is 5.41 Å². The maximum absolute atomic E-state index is 8.16. The summed E-state index contributed by atoms with van der Waals surface area (Å²) in [4.78, 5) is 0. The molecule has 0 bridgehead atoms. The third-order valence-electron chi connectivity index (χ3n) is 0.798. The van der Waals surface area contributed by atoms with Gasteiger partial charge < -0.3 is 5.41 Å². The number of hydrogen-bond donors (Lipinski definition) is 2. The highest BCUT2D eigenvalue weighted by molar-refractivity contribution is 6.68. The van der Waals surface area contributed by atoms with Crippen molar-refractivity contribution in [3.63, 3.8) is 0 Å². The fourth-order valence-corrected chi connectivity index (χ4v) is 0.703. The Hall–Kier alpha value is -0.850. The number of rotatable bonds is 3. The molecule has 0 aliphatic heterocycles. The molecule has 0 amide bonds. The predicted octanol–water partition coefficient (Wildman–Crippen LogP) is 2.26. The smallest absolute Gasteiger partial charge is 0.122 e. The number of halogens is 2. The Morgan fingerprint density at radius 1 is 1.45 bits per heavy atom. The molecule has 0 saturated carbocycles. The molecule has 0 aliphatic carbocycles. The molecule has 11 heavy (non-hydrogen) atoms. The third kappa shape index (κ3) is 4.54. The molecule has 0 saturated heterocycles. The summed E-state index contributed by atoms with van der Waals surface area (Å²) in [6.45, 7) is 0. The van der Waals surface area contributed by atoms with Crippen LogP contribution in [0.1, 0.15) is 6.42 Å². The van der Waals surface area contributed by atoms with Crippen molar-refractivity contribution in [3.8, 4) is 6.07 Å². The van der Waals surface area contributed by atoms with Gasteiger partial charge in [0, 0.05) is 0 Å². The van der Waals surface area contributed by atoms with E-state index in [0.717, 1.165) is 6.08 Å². The van der Waals surface area contributed by atoms with Crippen LogP contribution in [0.4, 0.5) is 0 Å².